The summed E-state index contributed by atoms with van der Waals surface area (Å²) in [6.07, 6.45) is -2.65. The molecular weight excluding hydrogens is 245 g/mol. The van der Waals surface area contributed by atoms with Gasteiger partial charge in [0.2, 0.25) is 11.9 Å². The van der Waals surface area contributed by atoms with Crippen LogP contribution in [0.15, 0.2) is 17.1 Å². The van der Waals surface area contributed by atoms with Crippen LogP contribution in [0.4, 0.5) is 10.2 Å². The van der Waals surface area contributed by atoms with Gasteiger partial charge in [-0.05, 0) is 6.92 Å². The summed E-state index contributed by atoms with van der Waals surface area (Å²) in [7, 11) is 0. The van der Waals surface area contributed by atoms with Crippen LogP contribution in [-0.4, -0.2) is 39.7 Å². The molecule has 0 amide bonds. The van der Waals surface area contributed by atoms with Gasteiger partial charge in [-0.15, -0.1) is 0 Å². The molecule has 5 N–H and O–H groups in total. The number of hydrogen-bond donors (Lipinski definition) is 4. The molecule has 0 aromatic carbocycles. The average molecular weight is 260 g/mol. The van der Waals surface area contributed by atoms with Crippen molar-refractivity contribution in [3.05, 3.63) is 22.7 Å². The molecule has 2 heterocycles. The number of H-pyrrole nitrogens is 1. The summed E-state index contributed by atoms with van der Waals surface area (Å²) in [5.41, 5.74) is 2.53. The Bertz CT molecular complexity index is 504. The Balaban J connectivity index is 2.42. The number of anilines is 1. The maximum Gasteiger partial charge on any atom is 0.499 e. The van der Waals surface area contributed by atoms with Crippen molar-refractivity contribution in [1.82, 2.24) is 4.98 Å². The van der Waals surface area contributed by atoms with Crippen LogP contribution in [0.3, 0.4) is 0 Å². The molecule has 0 spiro atoms. The Labute approximate surface area is 102 Å². The number of rotatable bonds is 2. The molecule has 4 unspecified atom stereocenters. The third-order valence-electron chi connectivity index (χ3n) is 3.05. The van der Waals surface area contributed by atoms with Gasteiger partial charge in [0.05, 0.1) is 6.61 Å². The van der Waals surface area contributed by atoms with E-state index in [1.165, 1.54) is 12.3 Å². The normalized spacial score (nSPS) is 35.9. The van der Waals surface area contributed by atoms with Gasteiger partial charge in [-0.2, -0.15) is 14.3 Å². The molecule has 1 saturated heterocycles. The number of aromatic amines is 1. The fraction of sp³-hybridized carbons (Fsp3) is 0.600. The van der Waals surface area contributed by atoms with E-state index in [1.54, 1.807) is 0 Å². The van der Waals surface area contributed by atoms with E-state index < -0.39 is 36.4 Å². The minimum absolute atomic E-state index is 0.133. The van der Waals surface area contributed by atoms with Crippen molar-refractivity contribution in [3.8, 4) is 0 Å². The summed E-state index contributed by atoms with van der Waals surface area (Å²) in [4.78, 5) is 13.9. The molecule has 4 atom stereocenters. The second-order valence-electron chi connectivity index (χ2n) is 4.41. The topological polar surface area (TPSA) is 112 Å². The number of nitrogens with one attached hydrogen (secondary N) is 1. The van der Waals surface area contributed by atoms with E-state index >= 15 is 0 Å². The summed E-state index contributed by atoms with van der Waals surface area (Å²) >= 11 is 0. The number of nitrogen functional groups attached to an aromatic ring is 1. The van der Waals surface area contributed by atoms with Crippen LogP contribution in [0.5, 0.6) is 0 Å². The molecule has 1 aromatic heterocycles. The van der Waals surface area contributed by atoms with Crippen LogP contribution < -0.4 is 16.0 Å². The molecule has 0 radical (unpaired) electrons. The van der Waals surface area contributed by atoms with E-state index in [9.17, 15) is 14.3 Å². The molecule has 0 aliphatic carbocycles. The smallest absolute Gasteiger partial charge is 0.394 e. The van der Waals surface area contributed by atoms with Crippen LogP contribution in [-0.2, 0) is 4.74 Å². The number of ether oxygens (including phenoxy) is 1. The third kappa shape index (κ3) is 1.88. The molecular formula is C10H15FN3O4+. The van der Waals surface area contributed by atoms with Crippen LogP contribution in [0.2, 0.25) is 0 Å². The standard InChI is InChI=1S/C10H14FN3O4/c1-10(11)7(16)5(4-15)18-8(10)14-3-2-6(12)13-9(14)17/h2-3,5,7-8,15-16H,4H2,1H3,(H2,12,13,17)/p+1. The lowest BCUT2D eigenvalue weighted by atomic mass is 9.98. The molecule has 1 aliphatic rings. The van der Waals surface area contributed by atoms with Gasteiger partial charge < -0.3 is 20.7 Å². The number of halogens is 1. The molecule has 1 aromatic rings. The van der Waals surface area contributed by atoms with Gasteiger partial charge in [0.25, 0.3) is 0 Å². The van der Waals surface area contributed by atoms with Crippen LogP contribution >= 0.6 is 0 Å². The predicted octanol–water partition coefficient (Wildman–Crippen LogP) is -1.78. The monoisotopic (exact) mass is 260 g/mol. The fourth-order valence-electron chi connectivity index (χ4n) is 2.01. The zero-order valence-corrected chi connectivity index (χ0v) is 9.71. The van der Waals surface area contributed by atoms with Crippen molar-refractivity contribution in [1.29, 1.82) is 0 Å². The quantitative estimate of drug-likeness (QED) is 0.470. The molecule has 8 heteroatoms. The first-order valence-electron chi connectivity index (χ1n) is 5.41. The first-order valence-corrected chi connectivity index (χ1v) is 5.41. The fourth-order valence-corrected chi connectivity index (χ4v) is 2.01. The average Bonchev–Trinajstić information content (AvgIpc) is 2.52. The van der Waals surface area contributed by atoms with E-state index in [0.717, 1.165) is 11.5 Å². The number of alkyl halides is 1. The van der Waals surface area contributed by atoms with Crippen LogP contribution in [0.1, 0.15) is 13.2 Å². The number of aliphatic hydroxyl groups excluding tert-OH is 2. The zero-order valence-electron chi connectivity index (χ0n) is 9.71. The molecule has 0 bridgehead atoms. The lowest BCUT2D eigenvalue weighted by Gasteiger charge is -2.21. The highest BCUT2D eigenvalue weighted by atomic mass is 19.1. The predicted molar refractivity (Wildman–Crippen MR) is 58.2 cm³/mol. The number of aromatic nitrogens is 2. The van der Waals surface area contributed by atoms with Crippen LogP contribution in [0.25, 0.3) is 0 Å². The number of nitrogens with two attached hydrogens (primary N) is 1. The lowest BCUT2D eigenvalue weighted by molar-refractivity contribution is -0.784. The Morgan fingerprint density at radius 1 is 1.72 bits per heavy atom. The van der Waals surface area contributed by atoms with E-state index in [-0.39, 0.29) is 5.82 Å². The Morgan fingerprint density at radius 3 is 2.89 bits per heavy atom. The minimum Gasteiger partial charge on any atom is -0.394 e. The Morgan fingerprint density at radius 2 is 2.39 bits per heavy atom. The molecule has 100 valence electrons. The first kappa shape index (κ1) is 12.9. The highest BCUT2D eigenvalue weighted by Gasteiger charge is 2.57. The molecule has 7 nitrogen and oxygen atoms in total. The molecule has 1 aliphatic heterocycles. The van der Waals surface area contributed by atoms with Gasteiger partial charge in [0.15, 0.2) is 5.82 Å². The highest BCUT2D eigenvalue weighted by molar-refractivity contribution is 5.21. The van der Waals surface area contributed by atoms with Gasteiger partial charge >= 0.3 is 5.69 Å². The molecule has 18 heavy (non-hydrogen) atoms. The Kier molecular flexibility index (Phi) is 3.09. The summed E-state index contributed by atoms with van der Waals surface area (Å²) in [6.45, 7) is 0.575. The highest BCUT2D eigenvalue weighted by Crippen LogP contribution is 2.37. The van der Waals surface area contributed by atoms with E-state index in [2.05, 4.69) is 4.98 Å². The van der Waals surface area contributed by atoms with E-state index in [0.29, 0.717) is 0 Å². The van der Waals surface area contributed by atoms with Gasteiger partial charge in [-0.25, -0.2) is 4.39 Å². The third-order valence-corrected chi connectivity index (χ3v) is 3.05. The van der Waals surface area contributed by atoms with Crippen molar-refractivity contribution in [2.24, 2.45) is 0 Å². The summed E-state index contributed by atoms with van der Waals surface area (Å²) in [6, 6.07) is 1.37. The van der Waals surface area contributed by atoms with Crippen molar-refractivity contribution >= 4 is 5.82 Å². The van der Waals surface area contributed by atoms with Gasteiger partial charge in [-0.1, -0.05) is 0 Å². The van der Waals surface area contributed by atoms with Gasteiger partial charge in [0.1, 0.15) is 18.4 Å². The van der Waals surface area contributed by atoms with E-state index in [4.69, 9.17) is 15.6 Å². The summed E-state index contributed by atoms with van der Waals surface area (Å²) < 4.78 is 20.5. The summed E-state index contributed by atoms with van der Waals surface area (Å²) in [5.74, 6) is 0.133. The molecule has 2 rings (SSSR count). The zero-order chi connectivity index (χ0) is 13.5. The number of aliphatic hydroxyl groups is 2. The SMILES string of the molecule is CC1(F)C(O)C(CO)OC1[n+]1ccc(N)[nH]c1=O. The van der Waals surface area contributed by atoms with Crippen molar-refractivity contribution in [2.75, 3.05) is 12.3 Å². The summed E-state index contributed by atoms with van der Waals surface area (Å²) in [5, 5.41) is 18.7. The first-order chi connectivity index (χ1) is 8.37. The maximum atomic E-state index is 14.4. The van der Waals surface area contributed by atoms with Crippen LogP contribution in [0, 0.1) is 0 Å². The number of hydrogen-bond acceptors (Lipinski definition) is 5. The largest absolute Gasteiger partial charge is 0.499 e. The van der Waals surface area contributed by atoms with Gasteiger partial charge in [-0.3, -0.25) is 0 Å². The maximum absolute atomic E-state index is 14.4. The minimum atomic E-state index is -2.19. The second-order valence-corrected chi connectivity index (χ2v) is 4.41. The van der Waals surface area contributed by atoms with Gasteiger partial charge in [0, 0.05) is 6.07 Å². The lowest BCUT2D eigenvalue weighted by Crippen LogP contribution is -2.60. The van der Waals surface area contributed by atoms with Crippen molar-refractivity contribution in [2.45, 2.75) is 31.0 Å². The van der Waals surface area contributed by atoms with E-state index in [1.807, 2.05) is 0 Å². The number of nitrogens with zero attached hydrogens (tertiary/aromatic N) is 1. The van der Waals surface area contributed by atoms with Crippen molar-refractivity contribution in [3.63, 3.8) is 0 Å². The molecule has 1 fully saturated rings. The Hall–Kier alpha value is -1.51. The van der Waals surface area contributed by atoms with Crippen molar-refractivity contribution < 1.29 is 23.9 Å². The molecule has 0 saturated carbocycles. The second kappa shape index (κ2) is 4.30.